The molecule has 0 saturated carbocycles. The van der Waals surface area contributed by atoms with E-state index in [4.69, 9.17) is 4.74 Å². The summed E-state index contributed by atoms with van der Waals surface area (Å²) in [5.41, 5.74) is 0. The van der Waals surface area contributed by atoms with Gasteiger partial charge in [0, 0.05) is 20.1 Å². The van der Waals surface area contributed by atoms with Gasteiger partial charge in [-0.3, -0.25) is 4.99 Å². The van der Waals surface area contributed by atoms with Gasteiger partial charge >= 0.3 is 0 Å². The standard InChI is InChI=1S/C17H27N3O/c1-4-6-10-13-19-17(18-5-2)20(3)14-15-21-16-11-8-7-9-12-16/h4,6-9,11-12H,5,10,13-15H2,1-3H3,(H,18,19)/b6-4+. The number of hydrogen-bond acceptors (Lipinski definition) is 2. The van der Waals surface area contributed by atoms with Gasteiger partial charge in [0.15, 0.2) is 5.96 Å². The minimum Gasteiger partial charge on any atom is -0.492 e. The highest BCUT2D eigenvalue weighted by molar-refractivity contribution is 5.79. The monoisotopic (exact) mass is 289 g/mol. The van der Waals surface area contributed by atoms with Crippen molar-refractivity contribution in [3.63, 3.8) is 0 Å². The Balaban J connectivity index is 2.39. The molecule has 1 N–H and O–H groups in total. The first kappa shape index (κ1) is 17.1. The zero-order valence-electron chi connectivity index (χ0n) is 13.4. The van der Waals surface area contributed by atoms with Crippen molar-refractivity contribution in [2.24, 2.45) is 4.99 Å². The quantitative estimate of drug-likeness (QED) is 0.346. The first-order valence-electron chi connectivity index (χ1n) is 7.56. The molecular formula is C17H27N3O. The van der Waals surface area contributed by atoms with Gasteiger partial charge in [-0.05, 0) is 32.4 Å². The average molecular weight is 289 g/mol. The van der Waals surface area contributed by atoms with Crippen LogP contribution in [0.25, 0.3) is 0 Å². The van der Waals surface area contributed by atoms with Gasteiger partial charge in [0.1, 0.15) is 12.4 Å². The Morgan fingerprint density at radius 2 is 2.10 bits per heavy atom. The second-order valence-electron chi connectivity index (χ2n) is 4.68. The molecule has 0 radical (unpaired) electrons. The average Bonchev–Trinajstić information content (AvgIpc) is 2.51. The number of rotatable bonds is 8. The molecule has 0 heterocycles. The molecule has 1 aromatic rings. The smallest absolute Gasteiger partial charge is 0.193 e. The molecule has 0 aliphatic rings. The SMILES string of the molecule is C/C=C/CCN=C(NCC)N(C)CCOc1ccccc1. The maximum absolute atomic E-state index is 5.71. The molecule has 0 fully saturated rings. The molecule has 0 aromatic heterocycles. The van der Waals surface area contributed by atoms with E-state index in [9.17, 15) is 0 Å². The summed E-state index contributed by atoms with van der Waals surface area (Å²) in [5, 5.41) is 3.30. The van der Waals surface area contributed by atoms with Gasteiger partial charge in [0.05, 0.1) is 6.54 Å². The van der Waals surface area contributed by atoms with Gasteiger partial charge in [-0.1, -0.05) is 30.4 Å². The summed E-state index contributed by atoms with van der Waals surface area (Å²) < 4.78 is 5.71. The van der Waals surface area contributed by atoms with Crippen LogP contribution in [0, 0.1) is 0 Å². The summed E-state index contributed by atoms with van der Waals surface area (Å²) in [4.78, 5) is 6.70. The first-order valence-corrected chi connectivity index (χ1v) is 7.56. The van der Waals surface area contributed by atoms with E-state index in [0.29, 0.717) is 6.61 Å². The Labute approximate surface area is 128 Å². The third-order valence-corrected chi connectivity index (χ3v) is 2.93. The largest absolute Gasteiger partial charge is 0.492 e. The molecule has 1 aromatic carbocycles. The highest BCUT2D eigenvalue weighted by Crippen LogP contribution is 2.07. The second-order valence-corrected chi connectivity index (χ2v) is 4.68. The molecule has 21 heavy (non-hydrogen) atoms. The van der Waals surface area contributed by atoms with Crippen LogP contribution in [0.4, 0.5) is 0 Å². The fourth-order valence-electron chi connectivity index (χ4n) is 1.80. The van der Waals surface area contributed by atoms with Crippen molar-refractivity contribution in [3.8, 4) is 5.75 Å². The molecule has 0 bridgehead atoms. The molecule has 0 saturated heterocycles. The molecule has 4 nitrogen and oxygen atoms in total. The topological polar surface area (TPSA) is 36.9 Å². The van der Waals surface area contributed by atoms with Crippen molar-refractivity contribution < 1.29 is 4.74 Å². The van der Waals surface area contributed by atoms with Crippen LogP contribution in [0.2, 0.25) is 0 Å². The lowest BCUT2D eigenvalue weighted by Gasteiger charge is -2.22. The Morgan fingerprint density at radius 1 is 1.33 bits per heavy atom. The number of ether oxygens (including phenoxy) is 1. The van der Waals surface area contributed by atoms with Crippen LogP contribution >= 0.6 is 0 Å². The van der Waals surface area contributed by atoms with Crippen LogP contribution in [0.1, 0.15) is 20.3 Å². The summed E-state index contributed by atoms with van der Waals surface area (Å²) in [5.74, 6) is 1.83. The van der Waals surface area contributed by atoms with E-state index in [0.717, 1.165) is 37.8 Å². The van der Waals surface area contributed by atoms with Gasteiger partial charge in [-0.15, -0.1) is 0 Å². The van der Waals surface area contributed by atoms with Crippen LogP contribution in [0.3, 0.4) is 0 Å². The van der Waals surface area contributed by atoms with Crippen LogP contribution in [-0.4, -0.2) is 44.1 Å². The molecule has 0 amide bonds. The number of allylic oxidation sites excluding steroid dienone is 1. The van der Waals surface area contributed by atoms with Crippen LogP contribution < -0.4 is 10.1 Å². The predicted molar refractivity (Wildman–Crippen MR) is 90.0 cm³/mol. The van der Waals surface area contributed by atoms with Crippen molar-refractivity contribution in [3.05, 3.63) is 42.5 Å². The number of hydrogen-bond donors (Lipinski definition) is 1. The maximum Gasteiger partial charge on any atom is 0.193 e. The third-order valence-electron chi connectivity index (χ3n) is 2.93. The van der Waals surface area contributed by atoms with E-state index >= 15 is 0 Å². The Hall–Kier alpha value is -1.97. The number of benzene rings is 1. The van der Waals surface area contributed by atoms with E-state index in [1.165, 1.54) is 0 Å². The number of nitrogens with one attached hydrogen (secondary N) is 1. The summed E-state index contributed by atoms with van der Waals surface area (Å²) >= 11 is 0. The summed E-state index contributed by atoms with van der Waals surface area (Å²) in [7, 11) is 2.03. The first-order chi connectivity index (χ1) is 10.3. The van der Waals surface area contributed by atoms with Gasteiger partial charge < -0.3 is 15.0 Å². The highest BCUT2D eigenvalue weighted by atomic mass is 16.5. The fraction of sp³-hybridized carbons (Fsp3) is 0.471. The van der Waals surface area contributed by atoms with E-state index in [1.807, 2.05) is 44.3 Å². The lowest BCUT2D eigenvalue weighted by Crippen LogP contribution is -2.41. The normalized spacial score (nSPS) is 11.7. The molecule has 0 atom stereocenters. The summed E-state index contributed by atoms with van der Waals surface area (Å²) in [6, 6.07) is 9.88. The third kappa shape index (κ3) is 7.40. The van der Waals surface area contributed by atoms with E-state index in [-0.39, 0.29) is 0 Å². The number of para-hydroxylation sites is 1. The van der Waals surface area contributed by atoms with E-state index in [2.05, 4.69) is 34.3 Å². The van der Waals surface area contributed by atoms with Crippen molar-refractivity contribution in [1.29, 1.82) is 0 Å². The van der Waals surface area contributed by atoms with Crippen LogP contribution in [-0.2, 0) is 0 Å². The van der Waals surface area contributed by atoms with Gasteiger partial charge in [-0.25, -0.2) is 0 Å². The molecule has 0 aliphatic heterocycles. The highest BCUT2D eigenvalue weighted by Gasteiger charge is 2.05. The Bertz CT molecular complexity index is 429. The Kier molecular flexibility index (Phi) is 8.76. The lowest BCUT2D eigenvalue weighted by molar-refractivity contribution is 0.281. The van der Waals surface area contributed by atoms with Crippen molar-refractivity contribution in [1.82, 2.24) is 10.2 Å². The molecule has 116 valence electrons. The molecule has 4 heteroatoms. The molecular weight excluding hydrogens is 262 g/mol. The zero-order valence-corrected chi connectivity index (χ0v) is 13.4. The lowest BCUT2D eigenvalue weighted by atomic mass is 10.3. The molecule has 0 aliphatic carbocycles. The predicted octanol–water partition coefficient (Wildman–Crippen LogP) is 2.93. The van der Waals surface area contributed by atoms with Crippen molar-refractivity contribution >= 4 is 5.96 Å². The van der Waals surface area contributed by atoms with Crippen LogP contribution in [0.15, 0.2) is 47.5 Å². The summed E-state index contributed by atoms with van der Waals surface area (Å²) in [6.07, 6.45) is 5.16. The number of nitrogens with zero attached hydrogens (tertiary/aromatic N) is 2. The molecule has 1 rings (SSSR count). The maximum atomic E-state index is 5.71. The van der Waals surface area contributed by atoms with E-state index in [1.54, 1.807) is 0 Å². The van der Waals surface area contributed by atoms with Crippen LogP contribution in [0.5, 0.6) is 5.75 Å². The zero-order chi connectivity index (χ0) is 15.3. The Morgan fingerprint density at radius 3 is 2.76 bits per heavy atom. The van der Waals surface area contributed by atoms with Crippen molar-refractivity contribution in [2.45, 2.75) is 20.3 Å². The number of guanidine groups is 1. The van der Waals surface area contributed by atoms with Crippen molar-refractivity contribution in [2.75, 3.05) is 33.3 Å². The van der Waals surface area contributed by atoms with Gasteiger partial charge in [0.2, 0.25) is 0 Å². The molecule has 0 unspecified atom stereocenters. The van der Waals surface area contributed by atoms with Gasteiger partial charge in [0.25, 0.3) is 0 Å². The minimum atomic E-state index is 0.639. The number of likely N-dealkylation sites (N-methyl/N-ethyl adjacent to an activating group) is 1. The summed E-state index contributed by atoms with van der Waals surface area (Å²) in [6.45, 7) is 7.21. The minimum absolute atomic E-state index is 0.639. The van der Waals surface area contributed by atoms with Gasteiger partial charge in [-0.2, -0.15) is 0 Å². The van der Waals surface area contributed by atoms with E-state index < -0.39 is 0 Å². The fourth-order valence-corrected chi connectivity index (χ4v) is 1.80. The number of aliphatic imine (C=N–C) groups is 1. The second kappa shape index (κ2) is 10.8. The molecule has 0 spiro atoms.